The standard InChI is InChI=1S/C23H21N3O3S3/c1-16-25-21(15-30-16)22-12-9-19(31-22)13-14-24-23(27)17-7-10-20(11-8-17)32(28,29)26-18-5-3-2-4-6-18/h2-12,15,26H,13-14H2,1H3,(H,24,27). The summed E-state index contributed by atoms with van der Waals surface area (Å²) in [4.78, 5) is 19.3. The van der Waals surface area contributed by atoms with Gasteiger partial charge in [-0.05, 0) is 61.9 Å². The minimum Gasteiger partial charge on any atom is -0.352 e. The molecule has 0 atom stereocenters. The molecule has 1 amide bonds. The molecule has 0 saturated carbocycles. The highest BCUT2D eigenvalue weighted by molar-refractivity contribution is 7.92. The van der Waals surface area contributed by atoms with Gasteiger partial charge >= 0.3 is 0 Å². The lowest BCUT2D eigenvalue weighted by atomic mass is 10.2. The SMILES string of the molecule is Cc1nc(-c2ccc(CCNC(=O)c3ccc(S(=O)(=O)Nc4ccccc4)cc3)s2)cs1. The topological polar surface area (TPSA) is 88.2 Å². The third-order valence-electron chi connectivity index (χ3n) is 4.64. The van der Waals surface area contributed by atoms with E-state index in [4.69, 9.17) is 0 Å². The number of thiophene rings is 1. The summed E-state index contributed by atoms with van der Waals surface area (Å²) in [5.74, 6) is -0.239. The first-order valence-electron chi connectivity index (χ1n) is 9.88. The number of sulfonamides is 1. The minimum absolute atomic E-state index is 0.0984. The zero-order chi connectivity index (χ0) is 22.6. The van der Waals surface area contributed by atoms with Crippen molar-refractivity contribution in [3.8, 4) is 10.6 Å². The zero-order valence-corrected chi connectivity index (χ0v) is 19.7. The third-order valence-corrected chi connectivity index (χ3v) is 7.98. The molecule has 0 aliphatic carbocycles. The molecule has 2 aromatic carbocycles. The number of hydrogen-bond acceptors (Lipinski definition) is 6. The van der Waals surface area contributed by atoms with E-state index in [9.17, 15) is 13.2 Å². The van der Waals surface area contributed by atoms with Crippen molar-refractivity contribution < 1.29 is 13.2 Å². The number of carbonyl (C=O) groups excluding carboxylic acids is 1. The maximum absolute atomic E-state index is 12.5. The van der Waals surface area contributed by atoms with Crippen LogP contribution in [0.5, 0.6) is 0 Å². The van der Waals surface area contributed by atoms with Crippen molar-refractivity contribution in [2.24, 2.45) is 0 Å². The van der Waals surface area contributed by atoms with Gasteiger partial charge in [-0.25, -0.2) is 13.4 Å². The van der Waals surface area contributed by atoms with E-state index in [1.54, 1.807) is 46.9 Å². The van der Waals surface area contributed by atoms with Crippen LogP contribution in [0.4, 0.5) is 5.69 Å². The van der Waals surface area contributed by atoms with Crippen molar-refractivity contribution in [3.05, 3.63) is 87.6 Å². The molecule has 2 aromatic heterocycles. The zero-order valence-electron chi connectivity index (χ0n) is 17.2. The highest BCUT2D eigenvalue weighted by Crippen LogP contribution is 2.29. The molecule has 2 heterocycles. The fourth-order valence-electron chi connectivity index (χ4n) is 3.03. The van der Waals surface area contributed by atoms with Crippen LogP contribution in [0.1, 0.15) is 20.2 Å². The quantitative estimate of drug-likeness (QED) is 0.371. The lowest BCUT2D eigenvalue weighted by Crippen LogP contribution is -2.25. The second-order valence-corrected chi connectivity index (χ2v) is 10.9. The van der Waals surface area contributed by atoms with Crippen LogP contribution in [0.3, 0.4) is 0 Å². The van der Waals surface area contributed by atoms with E-state index in [-0.39, 0.29) is 10.8 Å². The Morgan fingerprint density at radius 3 is 2.44 bits per heavy atom. The average Bonchev–Trinajstić information content (AvgIpc) is 3.43. The first kappa shape index (κ1) is 22.2. The summed E-state index contributed by atoms with van der Waals surface area (Å²) in [7, 11) is -3.71. The van der Waals surface area contributed by atoms with Gasteiger partial charge in [0.25, 0.3) is 15.9 Å². The molecular weight excluding hydrogens is 462 g/mol. The van der Waals surface area contributed by atoms with Gasteiger partial charge in [0.05, 0.1) is 20.5 Å². The van der Waals surface area contributed by atoms with Crippen molar-refractivity contribution in [2.75, 3.05) is 11.3 Å². The number of para-hydroxylation sites is 1. The summed E-state index contributed by atoms with van der Waals surface area (Å²) < 4.78 is 27.5. The van der Waals surface area contributed by atoms with Gasteiger partial charge < -0.3 is 5.32 Å². The van der Waals surface area contributed by atoms with E-state index in [1.165, 1.54) is 29.1 Å². The van der Waals surface area contributed by atoms with Crippen LogP contribution in [0, 0.1) is 6.92 Å². The highest BCUT2D eigenvalue weighted by atomic mass is 32.2. The molecule has 0 saturated heterocycles. The maximum atomic E-state index is 12.5. The molecule has 0 bridgehead atoms. The smallest absolute Gasteiger partial charge is 0.261 e. The van der Waals surface area contributed by atoms with Crippen LogP contribution in [-0.4, -0.2) is 25.9 Å². The number of nitrogens with zero attached hydrogens (tertiary/aromatic N) is 1. The molecule has 164 valence electrons. The van der Waals surface area contributed by atoms with Gasteiger partial charge in [0.15, 0.2) is 0 Å². The highest BCUT2D eigenvalue weighted by Gasteiger charge is 2.15. The van der Waals surface area contributed by atoms with Crippen LogP contribution in [0.2, 0.25) is 0 Å². The Labute approximate surface area is 195 Å². The molecular formula is C23H21N3O3S3. The number of amides is 1. The van der Waals surface area contributed by atoms with Crippen LogP contribution in [0.25, 0.3) is 10.6 Å². The number of hydrogen-bond donors (Lipinski definition) is 2. The van der Waals surface area contributed by atoms with E-state index in [2.05, 4.69) is 27.2 Å². The molecule has 0 aliphatic rings. The van der Waals surface area contributed by atoms with E-state index in [0.717, 1.165) is 15.6 Å². The first-order valence-corrected chi connectivity index (χ1v) is 13.1. The van der Waals surface area contributed by atoms with Crippen molar-refractivity contribution in [1.29, 1.82) is 0 Å². The van der Waals surface area contributed by atoms with Gasteiger partial charge in [-0.2, -0.15) is 0 Å². The van der Waals surface area contributed by atoms with Gasteiger partial charge in [-0.15, -0.1) is 22.7 Å². The van der Waals surface area contributed by atoms with Crippen molar-refractivity contribution >= 4 is 44.3 Å². The first-order chi connectivity index (χ1) is 15.4. The predicted octanol–water partition coefficient (Wildman–Crippen LogP) is 4.95. The van der Waals surface area contributed by atoms with Gasteiger partial charge in [-0.3, -0.25) is 9.52 Å². The Kier molecular flexibility index (Phi) is 6.69. The van der Waals surface area contributed by atoms with Gasteiger partial charge in [0, 0.05) is 28.1 Å². The summed E-state index contributed by atoms with van der Waals surface area (Å²) in [6.45, 7) is 2.48. The monoisotopic (exact) mass is 483 g/mol. The second-order valence-electron chi connectivity index (χ2n) is 7.02. The molecule has 9 heteroatoms. The van der Waals surface area contributed by atoms with Crippen molar-refractivity contribution in [2.45, 2.75) is 18.2 Å². The Bertz CT molecular complexity index is 1310. The average molecular weight is 484 g/mol. The van der Waals surface area contributed by atoms with Crippen LogP contribution in [-0.2, 0) is 16.4 Å². The summed E-state index contributed by atoms with van der Waals surface area (Å²) in [6, 6.07) is 18.7. The van der Waals surface area contributed by atoms with Crippen LogP contribution < -0.4 is 10.0 Å². The fraction of sp³-hybridized carbons (Fsp3) is 0.130. The van der Waals surface area contributed by atoms with Crippen molar-refractivity contribution in [1.82, 2.24) is 10.3 Å². The lowest BCUT2D eigenvalue weighted by molar-refractivity contribution is 0.0954. The second kappa shape index (κ2) is 9.64. The summed E-state index contributed by atoms with van der Waals surface area (Å²) >= 11 is 3.30. The van der Waals surface area contributed by atoms with Crippen LogP contribution in [0.15, 0.2) is 77.0 Å². The Balaban J connectivity index is 1.32. The van der Waals surface area contributed by atoms with Crippen molar-refractivity contribution in [3.63, 3.8) is 0 Å². The molecule has 0 fully saturated rings. The molecule has 0 radical (unpaired) electrons. The summed E-state index contributed by atoms with van der Waals surface area (Å²) in [5.41, 5.74) is 1.88. The molecule has 2 N–H and O–H groups in total. The van der Waals surface area contributed by atoms with Gasteiger partial charge in [0.2, 0.25) is 0 Å². The van der Waals surface area contributed by atoms with Crippen LogP contribution >= 0.6 is 22.7 Å². The normalized spacial score (nSPS) is 11.3. The summed E-state index contributed by atoms with van der Waals surface area (Å²) in [6.07, 6.45) is 0.715. The lowest BCUT2D eigenvalue weighted by Gasteiger charge is -2.09. The molecule has 32 heavy (non-hydrogen) atoms. The Morgan fingerprint density at radius 2 is 1.75 bits per heavy atom. The molecule has 4 aromatic rings. The Morgan fingerprint density at radius 1 is 1.00 bits per heavy atom. The maximum Gasteiger partial charge on any atom is 0.261 e. The molecule has 0 unspecified atom stereocenters. The molecule has 0 aliphatic heterocycles. The fourth-order valence-corrected chi connectivity index (χ4v) is 5.75. The number of thiazole rings is 1. The number of carbonyl (C=O) groups is 1. The van der Waals surface area contributed by atoms with Gasteiger partial charge in [-0.1, -0.05) is 18.2 Å². The number of aromatic nitrogens is 1. The van der Waals surface area contributed by atoms with E-state index in [0.29, 0.717) is 24.2 Å². The van der Waals surface area contributed by atoms with E-state index in [1.807, 2.05) is 18.4 Å². The summed E-state index contributed by atoms with van der Waals surface area (Å²) in [5, 5.41) is 5.97. The number of rotatable bonds is 8. The molecule has 4 rings (SSSR count). The van der Waals surface area contributed by atoms with E-state index >= 15 is 0 Å². The number of benzene rings is 2. The molecule has 6 nitrogen and oxygen atoms in total. The van der Waals surface area contributed by atoms with Gasteiger partial charge in [0.1, 0.15) is 0 Å². The number of aryl methyl sites for hydroxylation is 1. The Hall–Kier alpha value is -3.01. The minimum atomic E-state index is -3.71. The predicted molar refractivity (Wildman–Crippen MR) is 130 cm³/mol. The molecule has 0 spiro atoms. The van der Waals surface area contributed by atoms with E-state index < -0.39 is 10.0 Å². The largest absolute Gasteiger partial charge is 0.352 e. The number of anilines is 1. The third kappa shape index (κ3) is 5.42. The number of nitrogens with one attached hydrogen (secondary N) is 2.